The first-order chi connectivity index (χ1) is 10.2. The fourth-order valence-corrected chi connectivity index (χ4v) is 3.43. The van der Waals surface area contributed by atoms with Gasteiger partial charge in [0.15, 0.2) is 0 Å². The first-order valence-corrected chi connectivity index (χ1v) is 8.84. The molecule has 0 spiro atoms. The van der Waals surface area contributed by atoms with Crippen molar-refractivity contribution < 1.29 is 4.74 Å². The first-order valence-electron chi connectivity index (χ1n) is 8.05. The Hall–Kier alpha value is -0.420. The van der Waals surface area contributed by atoms with Crippen LogP contribution in [0.5, 0.6) is 0 Å². The predicted molar refractivity (Wildman–Crippen MR) is 91.6 cm³/mol. The van der Waals surface area contributed by atoms with Crippen LogP contribution in [0.1, 0.15) is 38.3 Å². The Morgan fingerprint density at radius 3 is 3.00 bits per heavy atom. The zero-order valence-electron chi connectivity index (χ0n) is 13.1. The van der Waals surface area contributed by atoms with Gasteiger partial charge in [-0.2, -0.15) is 0 Å². The van der Waals surface area contributed by atoms with E-state index in [-0.39, 0.29) is 0 Å². The maximum absolute atomic E-state index is 5.59. The van der Waals surface area contributed by atoms with Gasteiger partial charge >= 0.3 is 0 Å². The van der Waals surface area contributed by atoms with Gasteiger partial charge in [0.25, 0.3) is 0 Å². The zero-order chi connectivity index (χ0) is 15.1. The van der Waals surface area contributed by atoms with Crippen LogP contribution in [0.2, 0.25) is 0 Å². The molecule has 0 aromatic heterocycles. The quantitative estimate of drug-likeness (QED) is 0.809. The van der Waals surface area contributed by atoms with Gasteiger partial charge in [0.2, 0.25) is 0 Å². The van der Waals surface area contributed by atoms with Crippen LogP contribution in [0.4, 0.5) is 0 Å². The maximum Gasteiger partial charge on any atom is 0.0622 e. The Labute approximate surface area is 137 Å². The van der Waals surface area contributed by atoms with E-state index in [0.29, 0.717) is 12.1 Å². The molecule has 1 aliphatic rings. The highest BCUT2D eigenvalue weighted by Crippen LogP contribution is 2.22. The maximum atomic E-state index is 5.59. The van der Waals surface area contributed by atoms with E-state index >= 15 is 0 Å². The number of benzene rings is 1. The SMILES string of the molecule is CCNC(CCN1CCOCC1CC)c1cccc(Br)c1. The van der Waals surface area contributed by atoms with Crippen LogP contribution in [-0.2, 0) is 4.74 Å². The average molecular weight is 355 g/mol. The van der Waals surface area contributed by atoms with Crippen molar-refractivity contribution in [3.05, 3.63) is 34.3 Å². The molecule has 0 amide bonds. The van der Waals surface area contributed by atoms with E-state index < -0.39 is 0 Å². The minimum absolute atomic E-state index is 0.424. The Morgan fingerprint density at radius 1 is 1.43 bits per heavy atom. The lowest BCUT2D eigenvalue weighted by Gasteiger charge is -2.36. The van der Waals surface area contributed by atoms with Crippen molar-refractivity contribution in [2.24, 2.45) is 0 Å². The third kappa shape index (κ3) is 5.06. The molecule has 1 N–H and O–H groups in total. The van der Waals surface area contributed by atoms with E-state index in [1.54, 1.807) is 0 Å². The molecule has 2 atom stereocenters. The van der Waals surface area contributed by atoms with Crippen molar-refractivity contribution in [3.63, 3.8) is 0 Å². The van der Waals surface area contributed by atoms with Crippen LogP contribution in [0.25, 0.3) is 0 Å². The van der Waals surface area contributed by atoms with Crippen LogP contribution in [0.15, 0.2) is 28.7 Å². The van der Waals surface area contributed by atoms with Crippen molar-refractivity contribution in [2.45, 2.75) is 38.8 Å². The molecular formula is C17H27BrN2O. The summed E-state index contributed by atoms with van der Waals surface area (Å²) in [5, 5.41) is 3.62. The van der Waals surface area contributed by atoms with E-state index in [1.165, 1.54) is 12.0 Å². The number of hydrogen-bond acceptors (Lipinski definition) is 3. The van der Waals surface area contributed by atoms with Crippen LogP contribution in [0, 0.1) is 0 Å². The number of rotatable bonds is 7. The summed E-state index contributed by atoms with van der Waals surface area (Å²) in [6.07, 6.45) is 2.31. The largest absolute Gasteiger partial charge is 0.378 e. The summed E-state index contributed by atoms with van der Waals surface area (Å²) in [5.74, 6) is 0. The molecular weight excluding hydrogens is 328 g/mol. The van der Waals surface area contributed by atoms with Crippen molar-refractivity contribution in [1.29, 1.82) is 0 Å². The normalized spacial score (nSPS) is 21.4. The number of halogens is 1. The Balaban J connectivity index is 1.96. The van der Waals surface area contributed by atoms with E-state index in [9.17, 15) is 0 Å². The van der Waals surface area contributed by atoms with Crippen molar-refractivity contribution in [1.82, 2.24) is 10.2 Å². The third-order valence-corrected chi connectivity index (χ3v) is 4.72. The second-order valence-corrected chi connectivity index (χ2v) is 6.54. The average Bonchev–Trinajstić information content (AvgIpc) is 2.51. The standard InChI is InChI=1S/C17H27BrN2O/c1-3-16-13-21-11-10-20(16)9-8-17(19-4-2)14-6-5-7-15(18)12-14/h5-7,12,16-17,19H,3-4,8-11,13H2,1-2H3. The van der Waals surface area contributed by atoms with Crippen molar-refractivity contribution >= 4 is 15.9 Å². The zero-order valence-corrected chi connectivity index (χ0v) is 14.7. The fourth-order valence-electron chi connectivity index (χ4n) is 3.01. The predicted octanol–water partition coefficient (Wildman–Crippen LogP) is 3.60. The van der Waals surface area contributed by atoms with E-state index in [1.807, 2.05) is 0 Å². The Morgan fingerprint density at radius 2 is 2.29 bits per heavy atom. The van der Waals surface area contributed by atoms with Gasteiger partial charge in [0, 0.05) is 29.6 Å². The molecule has 1 aromatic carbocycles. The minimum Gasteiger partial charge on any atom is -0.378 e. The first kappa shape index (κ1) is 16.9. The molecule has 118 valence electrons. The molecule has 1 fully saturated rings. The van der Waals surface area contributed by atoms with Crippen LogP contribution >= 0.6 is 15.9 Å². The molecule has 1 saturated heterocycles. The summed E-state index contributed by atoms with van der Waals surface area (Å²) in [6, 6.07) is 9.66. The van der Waals surface area contributed by atoms with E-state index in [4.69, 9.17) is 4.74 Å². The lowest BCUT2D eigenvalue weighted by molar-refractivity contribution is -0.0100. The minimum atomic E-state index is 0.424. The highest BCUT2D eigenvalue weighted by molar-refractivity contribution is 9.10. The van der Waals surface area contributed by atoms with E-state index in [0.717, 1.165) is 43.7 Å². The Kier molecular flexibility index (Phi) is 7.17. The van der Waals surface area contributed by atoms with E-state index in [2.05, 4.69) is 64.3 Å². The van der Waals surface area contributed by atoms with Crippen molar-refractivity contribution in [3.8, 4) is 0 Å². The second kappa shape index (κ2) is 8.89. The second-order valence-electron chi connectivity index (χ2n) is 5.63. The van der Waals surface area contributed by atoms with Gasteiger partial charge in [-0.1, -0.05) is 41.9 Å². The van der Waals surface area contributed by atoms with Crippen LogP contribution in [-0.4, -0.2) is 43.8 Å². The van der Waals surface area contributed by atoms with Crippen molar-refractivity contribution in [2.75, 3.05) is 32.8 Å². The monoisotopic (exact) mass is 354 g/mol. The van der Waals surface area contributed by atoms with Gasteiger partial charge in [-0.05, 0) is 37.1 Å². The Bertz CT molecular complexity index is 427. The molecule has 0 radical (unpaired) electrons. The molecule has 21 heavy (non-hydrogen) atoms. The third-order valence-electron chi connectivity index (χ3n) is 4.23. The molecule has 1 aliphatic heterocycles. The molecule has 2 rings (SSSR count). The molecule has 1 heterocycles. The summed E-state index contributed by atoms with van der Waals surface area (Å²) in [7, 11) is 0. The molecule has 0 aliphatic carbocycles. The summed E-state index contributed by atoms with van der Waals surface area (Å²) < 4.78 is 6.75. The smallest absolute Gasteiger partial charge is 0.0622 e. The number of hydrogen-bond donors (Lipinski definition) is 1. The fraction of sp³-hybridized carbons (Fsp3) is 0.647. The summed E-state index contributed by atoms with van der Waals surface area (Å²) in [6.45, 7) is 9.38. The molecule has 4 heteroatoms. The summed E-state index contributed by atoms with van der Waals surface area (Å²) >= 11 is 3.58. The van der Waals surface area contributed by atoms with Gasteiger partial charge in [0.05, 0.1) is 13.2 Å². The van der Waals surface area contributed by atoms with Gasteiger partial charge in [0.1, 0.15) is 0 Å². The van der Waals surface area contributed by atoms with Crippen LogP contribution in [0.3, 0.4) is 0 Å². The topological polar surface area (TPSA) is 24.5 Å². The van der Waals surface area contributed by atoms with Gasteiger partial charge in [-0.3, -0.25) is 4.90 Å². The number of ether oxygens (including phenoxy) is 1. The molecule has 2 unspecified atom stereocenters. The van der Waals surface area contributed by atoms with Gasteiger partial charge in [-0.15, -0.1) is 0 Å². The number of nitrogens with one attached hydrogen (secondary N) is 1. The van der Waals surface area contributed by atoms with Crippen LogP contribution < -0.4 is 5.32 Å². The molecule has 0 bridgehead atoms. The molecule has 0 saturated carbocycles. The summed E-state index contributed by atoms with van der Waals surface area (Å²) in [4.78, 5) is 2.59. The number of nitrogens with zero attached hydrogens (tertiary/aromatic N) is 1. The lowest BCUT2D eigenvalue weighted by Crippen LogP contribution is -2.46. The summed E-state index contributed by atoms with van der Waals surface area (Å²) in [5.41, 5.74) is 1.37. The highest BCUT2D eigenvalue weighted by Gasteiger charge is 2.22. The molecule has 3 nitrogen and oxygen atoms in total. The number of morpholine rings is 1. The van der Waals surface area contributed by atoms with Gasteiger partial charge in [-0.25, -0.2) is 0 Å². The highest BCUT2D eigenvalue weighted by atomic mass is 79.9. The van der Waals surface area contributed by atoms with Gasteiger partial charge < -0.3 is 10.1 Å². The lowest BCUT2D eigenvalue weighted by atomic mass is 10.0. The molecule has 1 aromatic rings.